The van der Waals surface area contributed by atoms with Crippen molar-refractivity contribution >= 4 is 5.91 Å². The number of hydrogen-bond donors (Lipinski definition) is 0. The van der Waals surface area contributed by atoms with Gasteiger partial charge in [-0.3, -0.25) is 4.79 Å². The molecule has 0 unspecified atom stereocenters. The molecule has 1 amide bonds. The van der Waals surface area contributed by atoms with E-state index in [-0.39, 0.29) is 5.91 Å². The van der Waals surface area contributed by atoms with Gasteiger partial charge >= 0.3 is 0 Å². The molecule has 3 rings (SSSR count). The molecule has 104 valence electrons. The number of nitrogens with zero attached hydrogens (tertiary/aromatic N) is 3. The first-order chi connectivity index (χ1) is 9.78. The minimum atomic E-state index is 0.227. The van der Waals surface area contributed by atoms with E-state index in [2.05, 4.69) is 28.6 Å². The van der Waals surface area contributed by atoms with Crippen LogP contribution < -0.4 is 0 Å². The molecule has 0 aliphatic carbocycles. The lowest BCUT2D eigenvalue weighted by Gasteiger charge is -2.21. The Kier molecular flexibility index (Phi) is 3.54. The third-order valence-corrected chi connectivity index (χ3v) is 3.93. The third kappa shape index (κ3) is 2.46. The second-order valence-corrected chi connectivity index (χ2v) is 5.19. The average molecular weight is 269 g/mol. The van der Waals surface area contributed by atoms with Gasteiger partial charge in [0.25, 0.3) is 0 Å². The lowest BCUT2D eigenvalue weighted by molar-refractivity contribution is -0.132. The molecule has 0 bridgehead atoms. The minimum Gasteiger partial charge on any atom is -0.333 e. The predicted octanol–water partition coefficient (Wildman–Crippen LogP) is 2.38. The molecule has 0 N–H and O–H groups in total. The predicted molar refractivity (Wildman–Crippen MR) is 76.9 cm³/mol. The third-order valence-electron chi connectivity index (χ3n) is 3.93. The van der Waals surface area contributed by atoms with Crippen molar-refractivity contribution in [2.75, 3.05) is 0 Å². The van der Waals surface area contributed by atoms with Gasteiger partial charge in [-0.25, -0.2) is 4.98 Å². The Labute approximate surface area is 119 Å². The van der Waals surface area contributed by atoms with Gasteiger partial charge in [-0.2, -0.15) is 0 Å². The number of amides is 1. The SMILES string of the molecule is CCn1cncc1CN1Cc2ccccc2CCC1=O. The maximum absolute atomic E-state index is 12.3. The molecule has 0 atom stereocenters. The summed E-state index contributed by atoms with van der Waals surface area (Å²) in [6, 6.07) is 8.34. The van der Waals surface area contributed by atoms with Gasteiger partial charge in [0.05, 0.1) is 18.6 Å². The second kappa shape index (κ2) is 5.49. The maximum atomic E-state index is 12.3. The van der Waals surface area contributed by atoms with E-state index in [1.54, 1.807) is 0 Å². The summed E-state index contributed by atoms with van der Waals surface area (Å²) in [4.78, 5) is 18.4. The Morgan fingerprint density at radius 3 is 2.80 bits per heavy atom. The van der Waals surface area contributed by atoms with Crippen LogP contribution in [0.15, 0.2) is 36.8 Å². The zero-order valence-electron chi connectivity index (χ0n) is 11.7. The number of imidazole rings is 1. The van der Waals surface area contributed by atoms with Gasteiger partial charge in [0.15, 0.2) is 0 Å². The van der Waals surface area contributed by atoms with Crippen LogP contribution in [0.4, 0.5) is 0 Å². The molecular weight excluding hydrogens is 250 g/mol. The van der Waals surface area contributed by atoms with Crippen LogP contribution in [0.5, 0.6) is 0 Å². The fourth-order valence-corrected chi connectivity index (χ4v) is 2.75. The van der Waals surface area contributed by atoms with Gasteiger partial charge in [0.2, 0.25) is 5.91 Å². The van der Waals surface area contributed by atoms with E-state index < -0.39 is 0 Å². The Morgan fingerprint density at radius 1 is 1.20 bits per heavy atom. The monoisotopic (exact) mass is 269 g/mol. The van der Waals surface area contributed by atoms with E-state index in [4.69, 9.17) is 0 Å². The van der Waals surface area contributed by atoms with Crippen LogP contribution in [-0.2, 0) is 30.8 Å². The van der Waals surface area contributed by atoms with E-state index in [1.165, 1.54) is 11.1 Å². The minimum absolute atomic E-state index is 0.227. The molecule has 4 heteroatoms. The number of rotatable bonds is 3. The molecule has 2 heterocycles. The summed E-state index contributed by atoms with van der Waals surface area (Å²) in [5, 5.41) is 0. The highest BCUT2D eigenvalue weighted by Gasteiger charge is 2.21. The first kappa shape index (κ1) is 12.9. The number of fused-ring (bicyclic) bond motifs is 1. The van der Waals surface area contributed by atoms with Crippen LogP contribution in [0, 0.1) is 0 Å². The highest BCUT2D eigenvalue weighted by molar-refractivity contribution is 5.77. The number of carbonyl (C=O) groups excluding carboxylic acids is 1. The molecule has 1 aliphatic heterocycles. The standard InChI is InChI=1S/C16H19N3O/c1-2-18-12-17-9-15(18)11-19-10-14-6-4-3-5-13(14)7-8-16(19)20/h3-6,9,12H,2,7-8,10-11H2,1H3. The van der Waals surface area contributed by atoms with Gasteiger partial charge in [0, 0.05) is 25.7 Å². The van der Waals surface area contributed by atoms with Crippen molar-refractivity contribution in [1.82, 2.24) is 14.5 Å². The summed E-state index contributed by atoms with van der Waals surface area (Å²) < 4.78 is 2.09. The van der Waals surface area contributed by atoms with Gasteiger partial charge in [-0.05, 0) is 24.5 Å². The summed E-state index contributed by atoms with van der Waals surface area (Å²) in [6.45, 7) is 4.31. The number of hydrogen-bond acceptors (Lipinski definition) is 2. The first-order valence-electron chi connectivity index (χ1n) is 7.11. The van der Waals surface area contributed by atoms with Crippen LogP contribution in [0.3, 0.4) is 0 Å². The molecule has 4 nitrogen and oxygen atoms in total. The van der Waals surface area contributed by atoms with Crippen molar-refractivity contribution in [2.24, 2.45) is 0 Å². The fourth-order valence-electron chi connectivity index (χ4n) is 2.75. The molecule has 0 fully saturated rings. The number of carbonyl (C=O) groups is 1. The van der Waals surface area contributed by atoms with E-state index in [9.17, 15) is 4.79 Å². The molecule has 0 saturated heterocycles. The molecule has 1 aromatic heterocycles. The van der Waals surface area contributed by atoms with Crippen molar-refractivity contribution in [2.45, 2.75) is 39.4 Å². The Balaban J connectivity index is 1.84. The fraction of sp³-hybridized carbons (Fsp3) is 0.375. The van der Waals surface area contributed by atoms with E-state index >= 15 is 0 Å². The Bertz CT molecular complexity index is 618. The zero-order valence-corrected chi connectivity index (χ0v) is 11.7. The van der Waals surface area contributed by atoms with E-state index in [1.807, 2.05) is 29.6 Å². The van der Waals surface area contributed by atoms with Crippen LogP contribution in [-0.4, -0.2) is 20.4 Å². The lowest BCUT2D eigenvalue weighted by Crippen LogP contribution is -2.29. The van der Waals surface area contributed by atoms with E-state index in [0.29, 0.717) is 19.5 Å². The molecular formula is C16H19N3O. The summed E-state index contributed by atoms with van der Waals surface area (Å²) in [5.74, 6) is 0.227. The van der Waals surface area contributed by atoms with Crippen molar-refractivity contribution in [3.05, 3.63) is 53.6 Å². The summed E-state index contributed by atoms with van der Waals surface area (Å²) in [5.41, 5.74) is 3.66. The maximum Gasteiger partial charge on any atom is 0.223 e. The summed E-state index contributed by atoms with van der Waals surface area (Å²) >= 11 is 0. The highest BCUT2D eigenvalue weighted by Crippen LogP contribution is 2.20. The molecule has 2 aromatic rings. The van der Waals surface area contributed by atoms with Gasteiger partial charge < -0.3 is 9.47 Å². The largest absolute Gasteiger partial charge is 0.333 e. The Morgan fingerprint density at radius 2 is 2.00 bits per heavy atom. The van der Waals surface area contributed by atoms with Gasteiger partial charge in [-0.15, -0.1) is 0 Å². The topological polar surface area (TPSA) is 38.1 Å². The van der Waals surface area contributed by atoms with Crippen LogP contribution >= 0.6 is 0 Å². The molecule has 20 heavy (non-hydrogen) atoms. The van der Waals surface area contributed by atoms with Crippen molar-refractivity contribution in [1.29, 1.82) is 0 Å². The zero-order chi connectivity index (χ0) is 13.9. The van der Waals surface area contributed by atoms with Gasteiger partial charge in [0.1, 0.15) is 0 Å². The highest BCUT2D eigenvalue weighted by atomic mass is 16.2. The molecule has 1 aromatic carbocycles. The quantitative estimate of drug-likeness (QED) is 0.858. The number of benzene rings is 1. The normalized spacial score (nSPS) is 15.1. The molecule has 0 spiro atoms. The van der Waals surface area contributed by atoms with Crippen molar-refractivity contribution in [3.8, 4) is 0 Å². The summed E-state index contributed by atoms with van der Waals surface area (Å²) in [7, 11) is 0. The smallest absolute Gasteiger partial charge is 0.223 e. The first-order valence-corrected chi connectivity index (χ1v) is 7.11. The second-order valence-electron chi connectivity index (χ2n) is 5.19. The molecule has 0 radical (unpaired) electrons. The molecule has 0 saturated carbocycles. The van der Waals surface area contributed by atoms with Crippen LogP contribution in [0.2, 0.25) is 0 Å². The molecule has 1 aliphatic rings. The van der Waals surface area contributed by atoms with Crippen molar-refractivity contribution in [3.63, 3.8) is 0 Å². The number of aryl methyl sites for hydroxylation is 2. The van der Waals surface area contributed by atoms with Gasteiger partial charge in [-0.1, -0.05) is 24.3 Å². The summed E-state index contributed by atoms with van der Waals surface area (Å²) in [6.07, 6.45) is 5.12. The van der Waals surface area contributed by atoms with Crippen LogP contribution in [0.1, 0.15) is 30.2 Å². The number of aromatic nitrogens is 2. The van der Waals surface area contributed by atoms with E-state index in [0.717, 1.165) is 18.7 Å². The Hall–Kier alpha value is -2.10. The van der Waals surface area contributed by atoms with Crippen LogP contribution in [0.25, 0.3) is 0 Å². The average Bonchev–Trinajstić information content (AvgIpc) is 2.85. The lowest BCUT2D eigenvalue weighted by atomic mass is 10.0. The van der Waals surface area contributed by atoms with Crippen molar-refractivity contribution < 1.29 is 4.79 Å².